The lowest BCUT2D eigenvalue weighted by Crippen LogP contribution is -2.25. The van der Waals surface area contributed by atoms with Crippen molar-refractivity contribution in [2.24, 2.45) is 7.05 Å². The van der Waals surface area contributed by atoms with Gasteiger partial charge in [0, 0.05) is 28.9 Å². The summed E-state index contributed by atoms with van der Waals surface area (Å²) in [6.45, 7) is 2.24. The van der Waals surface area contributed by atoms with Gasteiger partial charge in [0.1, 0.15) is 0 Å². The fraction of sp³-hybridized carbons (Fsp3) is 0.150. The molecule has 1 aromatic heterocycles. The van der Waals surface area contributed by atoms with Crippen LogP contribution in [0.4, 0.5) is 0 Å². The van der Waals surface area contributed by atoms with Gasteiger partial charge in [-0.05, 0) is 43.3 Å². The molecule has 2 aromatic carbocycles. The van der Waals surface area contributed by atoms with E-state index >= 15 is 0 Å². The molecule has 1 heterocycles. The van der Waals surface area contributed by atoms with Gasteiger partial charge in [0.25, 0.3) is 5.91 Å². The molecule has 1 amide bonds. The van der Waals surface area contributed by atoms with Crippen molar-refractivity contribution in [2.45, 2.75) is 13.5 Å². The molecule has 26 heavy (non-hydrogen) atoms. The summed E-state index contributed by atoms with van der Waals surface area (Å²) in [5.74, 6) is -0.535. The van der Waals surface area contributed by atoms with Crippen molar-refractivity contribution in [3.63, 3.8) is 0 Å². The Morgan fingerprint density at radius 2 is 1.73 bits per heavy atom. The number of nitrogens with zero attached hydrogens (tertiary/aromatic N) is 2. The number of amides is 1. The molecule has 0 radical (unpaired) electrons. The normalized spacial score (nSPS) is 10.6. The van der Waals surface area contributed by atoms with Crippen LogP contribution in [0.3, 0.4) is 0 Å². The van der Waals surface area contributed by atoms with Crippen LogP contribution < -0.4 is 5.32 Å². The molecule has 6 heteroatoms. The first-order chi connectivity index (χ1) is 12.5. The summed E-state index contributed by atoms with van der Waals surface area (Å²) < 4.78 is 1.75. The van der Waals surface area contributed by atoms with Gasteiger partial charge in [0.05, 0.1) is 17.8 Å². The highest BCUT2D eigenvalue weighted by molar-refractivity contribution is 6.30. The summed E-state index contributed by atoms with van der Waals surface area (Å²) >= 11 is 5.87. The monoisotopic (exact) mass is 367 g/mol. The second kappa shape index (κ2) is 7.54. The number of aryl methyl sites for hydroxylation is 2. The second-order valence-corrected chi connectivity index (χ2v) is 6.40. The number of hydrogen-bond acceptors (Lipinski definition) is 3. The lowest BCUT2D eigenvalue weighted by atomic mass is 9.98. The molecule has 3 aromatic rings. The molecule has 0 saturated heterocycles. The van der Waals surface area contributed by atoms with Crippen LogP contribution in [0.25, 0.3) is 0 Å². The Balaban J connectivity index is 1.80. The molecule has 132 valence electrons. The van der Waals surface area contributed by atoms with E-state index < -0.39 is 0 Å². The molecule has 0 aliphatic heterocycles. The Kier molecular flexibility index (Phi) is 5.19. The minimum Gasteiger partial charge on any atom is -0.346 e. The standard InChI is InChI=1S/C20H18ClN3O2/c1-13-11-16(23-24(13)2)12-22-20(26)18-6-4-3-5-17(18)19(25)14-7-9-15(21)10-8-14/h3-11H,12H2,1-2H3,(H,22,26). The first kappa shape index (κ1) is 17.9. The van der Waals surface area contributed by atoms with Crippen LogP contribution in [0.15, 0.2) is 54.6 Å². The average Bonchev–Trinajstić information content (AvgIpc) is 2.97. The van der Waals surface area contributed by atoms with Gasteiger partial charge in [-0.3, -0.25) is 14.3 Å². The highest BCUT2D eigenvalue weighted by Gasteiger charge is 2.18. The van der Waals surface area contributed by atoms with Gasteiger partial charge >= 0.3 is 0 Å². The second-order valence-electron chi connectivity index (χ2n) is 5.96. The zero-order chi connectivity index (χ0) is 18.7. The molecule has 0 aliphatic carbocycles. The highest BCUT2D eigenvalue weighted by Crippen LogP contribution is 2.17. The minimum absolute atomic E-state index is 0.221. The predicted octanol–water partition coefficient (Wildman–Crippen LogP) is 3.54. The number of aromatic nitrogens is 2. The van der Waals surface area contributed by atoms with Crippen molar-refractivity contribution in [1.82, 2.24) is 15.1 Å². The number of carbonyl (C=O) groups is 2. The Hall–Kier alpha value is -2.92. The van der Waals surface area contributed by atoms with E-state index in [1.807, 2.05) is 20.0 Å². The van der Waals surface area contributed by atoms with Gasteiger partial charge in [-0.15, -0.1) is 0 Å². The molecule has 0 bridgehead atoms. The third-order valence-electron chi connectivity index (χ3n) is 4.12. The lowest BCUT2D eigenvalue weighted by Gasteiger charge is -2.09. The van der Waals surface area contributed by atoms with Crippen molar-refractivity contribution in [3.8, 4) is 0 Å². The fourth-order valence-electron chi connectivity index (χ4n) is 2.62. The van der Waals surface area contributed by atoms with Crippen LogP contribution in [0.5, 0.6) is 0 Å². The van der Waals surface area contributed by atoms with E-state index in [2.05, 4.69) is 10.4 Å². The maximum Gasteiger partial charge on any atom is 0.252 e. The third kappa shape index (κ3) is 3.83. The molecule has 1 N–H and O–H groups in total. The minimum atomic E-state index is -0.314. The molecule has 5 nitrogen and oxygen atoms in total. The predicted molar refractivity (Wildman–Crippen MR) is 100 cm³/mol. The number of hydrogen-bond donors (Lipinski definition) is 1. The SMILES string of the molecule is Cc1cc(CNC(=O)c2ccccc2C(=O)c2ccc(Cl)cc2)nn1C. The largest absolute Gasteiger partial charge is 0.346 e. The Bertz CT molecular complexity index is 942. The van der Waals surface area contributed by atoms with Gasteiger partial charge in [-0.2, -0.15) is 5.10 Å². The number of halogens is 1. The molecule has 0 unspecified atom stereocenters. The molecule has 0 saturated carbocycles. The fourth-order valence-corrected chi connectivity index (χ4v) is 2.75. The molecule has 0 atom stereocenters. The van der Waals surface area contributed by atoms with E-state index in [4.69, 9.17) is 11.6 Å². The topological polar surface area (TPSA) is 64.0 Å². The van der Waals surface area contributed by atoms with Crippen molar-refractivity contribution in [1.29, 1.82) is 0 Å². The third-order valence-corrected chi connectivity index (χ3v) is 4.37. The van der Waals surface area contributed by atoms with Crippen LogP contribution in [0.1, 0.15) is 37.7 Å². The van der Waals surface area contributed by atoms with Crippen molar-refractivity contribution in [2.75, 3.05) is 0 Å². The number of carbonyl (C=O) groups excluding carboxylic acids is 2. The Morgan fingerprint density at radius 3 is 2.35 bits per heavy atom. The smallest absolute Gasteiger partial charge is 0.252 e. The number of rotatable bonds is 5. The molecule has 0 fully saturated rings. The summed E-state index contributed by atoms with van der Waals surface area (Å²) in [7, 11) is 1.85. The Morgan fingerprint density at radius 1 is 1.08 bits per heavy atom. The van der Waals surface area contributed by atoms with Gasteiger partial charge < -0.3 is 5.32 Å². The average molecular weight is 368 g/mol. The maximum atomic E-state index is 12.8. The number of ketones is 1. The quantitative estimate of drug-likeness (QED) is 0.701. The van der Waals surface area contributed by atoms with E-state index in [9.17, 15) is 9.59 Å². The first-order valence-corrected chi connectivity index (χ1v) is 8.50. The number of nitrogens with one attached hydrogen (secondary N) is 1. The van der Waals surface area contributed by atoms with Crippen LogP contribution in [-0.4, -0.2) is 21.5 Å². The maximum absolute atomic E-state index is 12.8. The van der Waals surface area contributed by atoms with Crippen molar-refractivity contribution < 1.29 is 9.59 Å². The van der Waals surface area contributed by atoms with E-state index in [1.165, 1.54) is 0 Å². The van der Waals surface area contributed by atoms with Crippen LogP contribution >= 0.6 is 11.6 Å². The van der Waals surface area contributed by atoms with Crippen molar-refractivity contribution >= 4 is 23.3 Å². The molecular formula is C20H18ClN3O2. The summed E-state index contributed by atoms with van der Waals surface area (Å²) in [5, 5.41) is 7.69. The summed E-state index contributed by atoms with van der Waals surface area (Å²) in [4.78, 5) is 25.4. The van der Waals surface area contributed by atoms with Gasteiger partial charge in [0.2, 0.25) is 0 Å². The zero-order valence-electron chi connectivity index (χ0n) is 14.5. The summed E-state index contributed by atoms with van der Waals surface area (Å²) in [6.07, 6.45) is 0. The van der Waals surface area contributed by atoms with Gasteiger partial charge in [-0.25, -0.2) is 0 Å². The van der Waals surface area contributed by atoms with Crippen molar-refractivity contribution in [3.05, 3.63) is 87.7 Å². The first-order valence-electron chi connectivity index (χ1n) is 8.12. The zero-order valence-corrected chi connectivity index (χ0v) is 15.2. The molecule has 0 aliphatic rings. The molecule has 0 spiro atoms. The van der Waals surface area contributed by atoms with E-state index in [1.54, 1.807) is 53.2 Å². The van der Waals surface area contributed by atoms with Crippen LogP contribution in [-0.2, 0) is 13.6 Å². The molecular weight excluding hydrogens is 350 g/mol. The van der Waals surface area contributed by atoms with Crippen LogP contribution in [0, 0.1) is 6.92 Å². The van der Waals surface area contributed by atoms with Gasteiger partial charge in [-0.1, -0.05) is 29.8 Å². The summed E-state index contributed by atoms with van der Waals surface area (Å²) in [5.41, 5.74) is 2.94. The number of benzene rings is 2. The highest BCUT2D eigenvalue weighted by atomic mass is 35.5. The lowest BCUT2D eigenvalue weighted by molar-refractivity contribution is 0.0939. The van der Waals surface area contributed by atoms with E-state index in [0.717, 1.165) is 11.4 Å². The Labute approximate surface area is 156 Å². The van der Waals surface area contributed by atoms with E-state index in [0.29, 0.717) is 28.3 Å². The van der Waals surface area contributed by atoms with Crippen LogP contribution in [0.2, 0.25) is 5.02 Å². The summed E-state index contributed by atoms with van der Waals surface area (Å²) in [6, 6.07) is 15.3. The van der Waals surface area contributed by atoms with E-state index in [-0.39, 0.29) is 11.7 Å². The van der Waals surface area contributed by atoms with Gasteiger partial charge in [0.15, 0.2) is 5.78 Å². The molecule has 3 rings (SSSR count).